The number of furan rings is 1. The number of ether oxygens (including phenoxy) is 2. The van der Waals surface area contributed by atoms with Crippen molar-refractivity contribution in [3.8, 4) is 17.1 Å². The molecule has 0 saturated heterocycles. The Bertz CT molecular complexity index is 938. The van der Waals surface area contributed by atoms with Crippen LogP contribution in [0.4, 0.5) is 0 Å². The van der Waals surface area contributed by atoms with Crippen molar-refractivity contribution in [1.82, 2.24) is 0 Å². The van der Waals surface area contributed by atoms with Crippen LogP contribution in [0.5, 0.6) is 5.75 Å². The molecule has 1 aromatic heterocycles. The molecule has 0 N–H and O–H groups in total. The number of benzene rings is 2. The van der Waals surface area contributed by atoms with Gasteiger partial charge in [-0.25, -0.2) is 4.79 Å². The molecule has 0 atom stereocenters. The summed E-state index contributed by atoms with van der Waals surface area (Å²) in [4.78, 5) is 24.4. The lowest BCUT2D eigenvalue weighted by Gasteiger charge is -2.07. The molecule has 0 aliphatic rings. The van der Waals surface area contributed by atoms with Crippen molar-refractivity contribution < 1.29 is 23.5 Å². The third-order valence-corrected chi connectivity index (χ3v) is 3.86. The lowest BCUT2D eigenvalue weighted by atomic mass is 10.1. The molecule has 2 aromatic carbocycles. The molecular weight excluding hydrogens is 332 g/mol. The van der Waals surface area contributed by atoms with Gasteiger partial charge in [-0.15, -0.1) is 0 Å². The highest BCUT2D eigenvalue weighted by atomic mass is 16.5. The van der Waals surface area contributed by atoms with Gasteiger partial charge in [0, 0.05) is 10.9 Å². The molecule has 5 nitrogen and oxygen atoms in total. The van der Waals surface area contributed by atoms with E-state index < -0.39 is 5.97 Å². The van der Waals surface area contributed by atoms with Gasteiger partial charge in [0.2, 0.25) is 0 Å². The fourth-order valence-corrected chi connectivity index (χ4v) is 2.57. The SMILES string of the molecule is CCOC(=O)c1c(-c2ccccc2)oc2ccc(OC(=O)C(C)C)cc12. The van der Waals surface area contributed by atoms with Crippen molar-refractivity contribution in [2.45, 2.75) is 20.8 Å². The highest BCUT2D eigenvalue weighted by Crippen LogP contribution is 2.36. The topological polar surface area (TPSA) is 65.7 Å². The molecule has 26 heavy (non-hydrogen) atoms. The zero-order valence-electron chi connectivity index (χ0n) is 14.9. The molecule has 0 radical (unpaired) electrons. The minimum atomic E-state index is -0.475. The Kier molecular flexibility index (Phi) is 5.07. The maximum atomic E-state index is 12.6. The van der Waals surface area contributed by atoms with E-state index in [0.29, 0.717) is 28.0 Å². The van der Waals surface area contributed by atoms with Crippen molar-refractivity contribution in [3.63, 3.8) is 0 Å². The minimum Gasteiger partial charge on any atom is -0.462 e. The average molecular weight is 352 g/mol. The highest BCUT2D eigenvalue weighted by Gasteiger charge is 2.24. The third kappa shape index (κ3) is 3.47. The lowest BCUT2D eigenvalue weighted by molar-refractivity contribution is -0.137. The number of fused-ring (bicyclic) bond motifs is 1. The summed E-state index contributed by atoms with van der Waals surface area (Å²) in [5.41, 5.74) is 1.62. The van der Waals surface area contributed by atoms with Crippen LogP contribution < -0.4 is 4.74 Å². The van der Waals surface area contributed by atoms with Gasteiger partial charge in [-0.2, -0.15) is 0 Å². The summed E-state index contributed by atoms with van der Waals surface area (Å²) in [5.74, 6) is -0.265. The Morgan fingerprint density at radius 2 is 1.81 bits per heavy atom. The van der Waals surface area contributed by atoms with Crippen LogP contribution in [0.15, 0.2) is 52.9 Å². The number of hydrogen-bond acceptors (Lipinski definition) is 5. The predicted molar refractivity (Wildman–Crippen MR) is 98.1 cm³/mol. The molecule has 3 aromatic rings. The second kappa shape index (κ2) is 7.44. The van der Waals surface area contributed by atoms with Gasteiger partial charge in [-0.3, -0.25) is 4.79 Å². The molecule has 0 aliphatic carbocycles. The van der Waals surface area contributed by atoms with Gasteiger partial charge in [0.15, 0.2) is 0 Å². The molecule has 0 aliphatic heterocycles. The van der Waals surface area contributed by atoms with Crippen LogP contribution in [-0.4, -0.2) is 18.5 Å². The quantitative estimate of drug-likeness (QED) is 0.486. The van der Waals surface area contributed by atoms with Crippen molar-refractivity contribution in [2.24, 2.45) is 5.92 Å². The summed E-state index contributed by atoms with van der Waals surface area (Å²) in [6, 6.07) is 14.3. The Morgan fingerprint density at radius 1 is 1.08 bits per heavy atom. The minimum absolute atomic E-state index is 0.251. The zero-order valence-corrected chi connectivity index (χ0v) is 14.9. The van der Waals surface area contributed by atoms with Gasteiger partial charge in [-0.05, 0) is 25.1 Å². The Morgan fingerprint density at radius 3 is 2.46 bits per heavy atom. The predicted octanol–water partition coefficient (Wildman–Crippen LogP) is 4.84. The van der Waals surface area contributed by atoms with E-state index >= 15 is 0 Å². The van der Waals surface area contributed by atoms with E-state index in [0.717, 1.165) is 5.56 Å². The molecule has 0 amide bonds. The number of carbonyl (C=O) groups is 2. The molecule has 3 rings (SSSR count). The first-order valence-electron chi connectivity index (χ1n) is 8.52. The van der Waals surface area contributed by atoms with Crippen LogP contribution >= 0.6 is 0 Å². The van der Waals surface area contributed by atoms with Gasteiger partial charge < -0.3 is 13.9 Å². The van der Waals surface area contributed by atoms with Gasteiger partial charge in [0.25, 0.3) is 0 Å². The molecule has 0 fully saturated rings. The molecule has 0 spiro atoms. The van der Waals surface area contributed by atoms with E-state index in [1.807, 2.05) is 30.3 Å². The summed E-state index contributed by atoms with van der Waals surface area (Å²) in [7, 11) is 0. The number of esters is 2. The van der Waals surface area contributed by atoms with Gasteiger partial charge in [0.05, 0.1) is 12.5 Å². The van der Waals surface area contributed by atoms with E-state index in [9.17, 15) is 9.59 Å². The average Bonchev–Trinajstić information content (AvgIpc) is 3.01. The van der Waals surface area contributed by atoms with Crippen molar-refractivity contribution >= 4 is 22.9 Å². The van der Waals surface area contributed by atoms with E-state index in [-0.39, 0.29) is 18.5 Å². The van der Waals surface area contributed by atoms with E-state index in [1.54, 1.807) is 39.0 Å². The summed E-state index contributed by atoms with van der Waals surface area (Å²) in [5, 5.41) is 0.552. The van der Waals surface area contributed by atoms with Crippen LogP contribution in [0.2, 0.25) is 0 Å². The first kappa shape index (κ1) is 17.7. The van der Waals surface area contributed by atoms with E-state index in [1.165, 1.54) is 0 Å². The third-order valence-electron chi connectivity index (χ3n) is 3.86. The van der Waals surface area contributed by atoms with Gasteiger partial charge in [0.1, 0.15) is 22.7 Å². The zero-order chi connectivity index (χ0) is 18.7. The molecule has 134 valence electrons. The van der Waals surface area contributed by atoms with Crippen molar-refractivity contribution in [3.05, 3.63) is 54.1 Å². The molecular formula is C21H20O5. The van der Waals surface area contributed by atoms with Crippen LogP contribution in [0.1, 0.15) is 31.1 Å². The number of rotatable bonds is 5. The Labute approximate surface area is 151 Å². The van der Waals surface area contributed by atoms with Crippen LogP contribution in [-0.2, 0) is 9.53 Å². The van der Waals surface area contributed by atoms with Crippen LogP contribution in [0, 0.1) is 5.92 Å². The standard InChI is InChI=1S/C21H20O5/c1-4-24-21(23)18-16-12-15(25-20(22)13(2)3)10-11-17(16)26-19(18)14-8-6-5-7-9-14/h5-13H,4H2,1-3H3. The Hall–Kier alpha value is -3.08. The lowest BCUT2D eigenvalue weighted by Crippen LogP contribution is -2.14. The molecule has 0 unspecified atom stereocenters. The fraction of sp³-hybridized carbons (Fsp3) is 0.238. The maximum absolute atomic E-state index is 12.6. The molecule has 0 saturated carbocycles. The van der Waals surface area contributed by atoms with E-state index in [2.05, 4.69) is 0 Å². The maximum Gasteiger partial charge on any atom is 0.342 e. The highest BCUT2D eigenvalue weighted by molar-refractivity contribution is 6.09. The molecule has 5 heteroatoms. The monoisotopic (exact) mass is 352 g/mol. The van der Waals surface area contributed by atoms with Gasteiger partial charge in [-0.1, -0.05) is 44.2 Å². The summed E-state index contributed by atoms with van der Waals surface area (Å²) in [6.45, 7) is 5.52. The van der Waals surface area contributed by atoms with Crippen molar-refractivity contribution in [1.29, 1.82) is 0 Å². The fourth-order valence-electron chi connectivity index (χ4n) is 2.57. The van der Waals surface area contributed by atoms with E-state index in [4.69, 9.17) is 13.9 Å². The first-order chi connectivity index (χ1) is 12.5. The normalized spacial score (nSPS) is 10.9. The summed E-state index contributed by atoms with van der Waals surface area (Å²) in [6.07, 6.45) is 0. The largest absolute Gasteiger partial charge is 0.462 e. The number of hydrogen-bond donors (Lipinski definition) is 0. The summed E-state index contributed by atoms with van der Waals surface area (Å²) >= 11 is 0. The summed E-state index contributed by atoms with van der Waals surface area (Å²) < 4.78 is 16.5. The van der Waals surface area contributed by atoms with Gasteiger partial charge >= 0.3 is 11.9 Å². The smallest absolute Gasteiger partial charge is 0.342 e. The van der Waals surface area contributed by atoms with Crippen molar-refractivity contribution in [2.75, 3.05) is 6.61 Å². The molecule has 1 heterocycles. The second-order valence-electron chi connectivity index (χ2n) is 6.13. The first-order valence-corrected chi connectivity index (χ1v) is 8.52. The second-order valence-corrected chi connectivity index (χ2v) is 6.13. The Balaban J connectivity index is 2.14. The number of carbonyl (C=O) groups excluding carboxylic acids is 2. The van der Waals surface area contributed by atoms with Crippen LogP contribution in [0.3, 0.4) is 0 Å². The molecule has 0 bridgehead atoms. The van der Waals surface area contributed by atoms with Crippen LogP contribution in [0.25, 0.3) is 22.3 Å².